The van der Waals surface area contributed by atoms with Crippen molar-refractivity contribution in [1.29, 1.82) is 0 Å². The summed E-state index contributed by atoms with van der Waals surface area (Å²) < 4.78 is 45.5. The Kier molecular flexibility index (Phi) is 47.0. The highest BCUT2D eigenvalue weighted by Crippen LogP contribution is 2.38. The highest BCUT2D eigenvalue weighted by molar-refractivity contribution is 6.00. The molecule has 9 unspecified atom stereocenters. The van der Waals surface area contributed by atoms with Crippen molar-refractivity contribution in [2.45, 2.75) is 304 Å². The van der Waals surface area contributed by atoms with Gasteiger partial charge in [0, 0.05) is 51.4 Å². The second-order valence-electron chi connectivity index (χ2n) is 31.4. The van der Waals surface area contributed by atoms with Crippen LogP contribution in [-0.4, -0.2) is 397 Å². The summed E-state index contributed by atoms with van der Waals surface area (Å²) in [7, 11) is 0. The molecule has 0 spiro atoms. The van der Waals surface area contributed by atoms with Crippen LogP contribution in [0, 0.1) is 5.92 Å². The summed E-state index contributed by atoms with van der Waals surface area (Å²) in [6.07, 6.45) is -28.7. The first-order valence-corrected chi connectivity index (χ1v) is 41.6. The number of ether oxygens (including phenoxy) is 8. The predicted molar refractivity (Wildman–Crippen MR) is 432 cm³/mol. The fourth-order valence-electron chi connectivity index (χ4n) is 13.7. The molecule has 4 fully saturated rings. The Labute approximate surface area is 726 Å². The van der Waals surface area contributed by atoms with Gasteiger partial charge >= 0.3 is 11.9 Å². The highest BCUT2D eigenvalue weighted by Gasteiger charge is 2.60. The van der Waals surface area contributed by atoms with Crippen molar-refractivity contribution in [2.75, 3.05) is 72.5 Å². The molecular weight excluding hydrogens is 1680 g/mol. The molecule has 126 heavy (non-hydrogen) atoms. The van der Waals surface area contributed by atoms with Gasteiger partial charge in [-0.1, -0.05) is 46.1 Å². The number of nitrogens with zero attached hydrogens (tertiary/aromatic N) is 2. The molecule has 0 saturated carbocycles. The van der Waals surface area contributed by atoms with Gasteiger partial charge < -0.3 is 174 Å². The summed E-state index contributed by atoms with van der Waals surface area (Å²) in [4.78, 5) is 195. The number of hydrogen-bond acceptors (Lipinski definition) is 36. The van der Waals surface area contributed by atoms with E-state index in [0.29, 0.717) is 38.2 Å². The van der Waals surface area contributed by atoms with E-state index in [1.165, 1.54) is 26.3 Å². The summed E-state index contributed by atoms with van der Waals surface area (Å²) in [5.74, 6) is -19.4. The first-order valence-electron chi connectivity index (χ1n) is 41.6. The minimum atomic E-state index is -3.16. The quantitative estimate of drug-likeness (QED) is 0.0199. The van der Waals surface area contributed by atoms with E-state index in [1.54, 1.807) is 20.8 Å². The number of carbonyl (C=O) groups is 14. The number of nitrogens with one attached hydrogen (secondary N) is 10. The van der Waals surface area contributed by atoms with Gasteiger partial charge in [0.2, 0.25) is 65.0 Å². The fourth-order valence-corrected chi connectivity index (χ4v) is 13.7. The normalized spacial score (nSPS) is 26.8. The van der Waals surface area contributed by atoms with Gasteiger partial charge in [0.15, 0.2) is 18.4 Å². The molecule has 0 aromatic heterocycles. The van der Waals surface area contributed by atoms with Crippen LogP contribution in [-0.2, 0) is 105 Å². The van der Waals surface area contributed by atoms with Gasteiger partial charge in [-0.25, -0.2) is 4.79 Å². The number of aliphatic hydroxyl groups excluding tert-OH is 11. The van der Waals surface area contributed by atoms with Crippen molar-refractivity contribution in [3.63, 3.8) is 0 Å². The number of aliphatic carboxylic acids is 2. The maximum atomic E-state index is 14.6. The van der Waals surface area contributed by atoms with Gasteiger partial charge in [-0.2, -0.15) is 0 Å². The largest absolute Gasteiger partial charge is 0.481 e. The van der Waals surface area contributed by atoms with Crippen molar-refractivity contribution in [3.05, 3.63) is 11.8 Å². The number of carbonyl (C=O) groups excluding carboxylic acids is 12. The zero-order chi connectivity index (χ0) is 94.7. The molecule has 0 aromatic carbocycles. The van der Waals surface area contributed by atoms with E-state index in [4.69, 9.17) is 49.4 Å². The first-order chi connectivity index (χ1) is 59.4. The third-order valence-electron chi connectivity index (χ3n) is 20.9. The third kappa shape index (κ3) is 32.8. The summed E-state index contributed by atoms with van der Waals surface area (Å²) >= 11 is 0. The number of hydrogen-bond donors (Lipinski definition) is 25. The Bertz CT molecular complexity index is 3650. The molecule has 0 bridgehead atoms. The molecule has 4 saturated heterocycles. The standard InChI is InChI=1S/C77H130N14O35/c1-11-14-16-41(38(8)96)85-72(115)58(40(10)121-74-55(79)63(60(106)48(33-94)122-74)124-75-62(108)65(61(107)49(34-95)123-75)126-77(76(117)118)28-46(98)54(78)64(125-77)59(105)47(99)32-93)90-67(110)43(27-53(103)104)86-69(112)45-17-15-21-91(45)73(116)37(7)83-68(111)44(31-92)87-71(114)57(39(9)97)89-70(113)56(35(4)5)88-52(102)30-82-66(109)42(26-36(6)29-80-13-3)84-51(101)19-18-50(100)81-20-23-120-25-24-119-22-12-2/h13,29,35,37,39-49,54-65,74-75,92-95,97-99,105-108H,11-12,14-28,30-34,78-79H2,1-10H3,(H,81,100)(H,82,109)(H,83,111)(H,84,101)(H,85,115)(H,86,112)(H,87,114)(H,88,102)(H,89,113)(H,90,110)(H,103,104)(H,117,118)/b36-29+,80-13?/t37-,39?,40?,41-,42-,43-,44-,45?,46+,47+,48?,49?,54+,55?,56?,57-,58-,59+,60-,61-,62-,63+,64?,65?,74-,75-,77-/m0/s1. The van der Waals surface area contributed by atoms with Crippen molar-refractivity contribution >= 4 is 88.9 Å². The monoisotopic (exact) mass is 1810 g/mol. The van der Waals surface area contributed by atoms with Crippen LogP contribution in [0.4, 0.5) is 0 Å². The van der Waals surface area contributed by atoms with Crippen molar-refractivity contribution < 1.29 is 171 Å². The van der Waals surface area contributed by atoms with Gasteiger partial charge in [-0.15, -0.1) is 0 Å². The molecule has 27 atom stereocenters. The lowest BCUT2D eigenvalue weighted by Gasteiger charge is -2.50. The summed E-state index contributed by atoms with van der Waals surface area (Å²) in [6, 6.07) is -18.6. The lowest BCUT2D eigenvalue weighted by Crippen LogP contribution is -2.70. The molecule has 49 nitrogen and oxygen atoms in total. The third-order valence-corrected chi connectivity index (χ3v) is 20.9. The van der Waals surface area contributed by atoms with Crippen LogP contribution in [0.25, 0.3) is 0 Å². The number of aliphatic hydroxyl groups is 11. The van der Waals surface area contributed by atoms with E-state index in [1.807, 2.05) is 6.92 Å². The maximum absolute atomic E-state index is 14.6. The Morgan fingerprint density at radius 2 is 1.20 bits per heavy atom. The minimum Gasteiger partial charge on any atom is -0.481 e. The van der Waals surface area contributed by atoms with E-state index in [9.17, 15) is 134 Å². The lowest BCUT2D eigenvalue weighted by molar-refractivity contribution is -0.380. The molecule has 0 aromatic rings. The summed E-state index contributed by atoms with van der Waals surface area (Å²) in [5, 5.41) is 163. The lowest BCUT2D eigenvalue weighted by atomic mass is 9.88. The Morgan fingerprint density at radius 1 is 0.611 bits per heavy atom. The molecule has 4 rings (SSSR count). The second-order valence-corrected chi connectivity index (χ2v) is 31.4. The van der Waals surface area contributed by atoms with Crippen molar-refractivity contribution in [3.8, 4) is 0 Å². The Balaban J connectivity index is 1.49. The smallest absolute Gasteiger partial charge is 0.364 e. The Morgan fingerprint density at radius 3 is 1.78 bits per heavy atom. The summed E-state index contributed by atoms with van der Waals surface area (Å²) in [5.41, 5.74) is 13.2. The number of amides is 11. The van der Waals surface area contributed by atoms with Crippen molar-refractivity contribution in [2.24, 2.45) is 22.4 Å². The molecule has 0 aliphatic carbocycles. The van der Waals surface area contributed by atoms with Crippen molar-refractivity contribution in [1.82, 2.24) is 58.1 Å². The van der Waals surface area contributed by atoms with Crippen LogP contribution in [0.2, 0.25) is 0 Å². The highest BCUT2D eigenvalue weighted by atomic mass is 16.8. The van der Waals surface area contributed by atoms with E-state index >= 15 is 0 Å². The van der Waals surface area contributed by atoms with Gasteiger partial charge in [-0.05, 0) is 79.6 Å². The minimum absolute atomic E-state index is 0.0535. The molecule has 11 amide bonds. The van der Waals surface area contributed by atoms with E-state index < -0.39 is 299 Å². The number of unbranched alkanes of at least 4 members (excludes halogenated alkanes) is 1. The second kappa shape index (κ2) is 54.0. The predicted octanol–water partition coefficient (Wildman–Crippen LogP) is -11.0. The average molecular weight is 1810 g/mol. The van der Waals surface area contributed by atoms with Crippen LogP contribution in [0.1, 0.15) is 140 Å². The van der Waals surface area contributed by atoms with Crippen LogP contribution in [0.3, 0.4) is 0 Å². The number of rotatable bonds is 54. The molecule has 718 valence electrons. The number of Topliss-reactive ketones (excluding diaryl/α,β-unsaturated/α-hetero) is 1. The van der Waals surface area contributed by atoms with E-state index in [2.05, 4.69) is 58.2 Å². The van der Waals surface area contributed by atoms with Crippen LogP contribution in [0.5, 0.6) is 0 Å². The van der Waals surface area contributed by atoms with Gasteiger partial charge in [0.1, 0.15) is 109 Å². The van der Waals surface area contributed by atoms with Gasteiger partial charge in [0.25, 0.3) is 5.79 Å². The number of nitrogens with two attached hydrogens (primary N) is 2. The summed E-state index contributed by atoms with van der Waals surface area (Å²) in [6.45, 7) is 10.8. The number of carboxylic acid groups (broad SMARTS) is 2. The van der Waals surface area contributed by atoms with Gasteiger partial charge in [0.05, 0.1) is 95.7 Å². The Hall–Kier alpha value is -8.65. The van der Waals surface area contributed by atoms with E-state index in [0.717, 1.165) is 39.0 Å². The molecular formula is C77H130N14O35. The van der Waals surface area contributed by atoms with Crippen LogP contribution in [0.15, 0.2) is 16.8 Å². The molecule has 4 aliphatic heterocycles. The van der Waals surface area contributed by atoms with Gasteiger partial charge in [-0.3, -0.25) is 67.3 Å². The van der Waals surface area contributed by atoms with Crippen LogP contribution >= 0.6 is 0 Å². The number of ketones is 1. The molecule has 4 heterocycles. The van der Waals surface area contributed by atoms with E-state index in [-0.39, 0.29) is 58.2 Å². The zero-order valence-electron chi connectivity index (χ0n) is 72.1. The zero-order valence-corrected chi connectivity index (χ0v) is 72.1. The fraction of sp³-hybridized carbons (Fsp3) is 0.779. The molecule has 4 aliphatic rings. The maximum Gasteiger partial charge on any atom is 0.364 e. The number of carboxylic acids is 2. The SMILES string of the molecule is CC=N/C=C(\C)C[C@H](NC(=O)CCC(=O)NCCOCCOCCC)C(=O)NCC(=O)NC(C(=O)N[C@H](C(=O)N[C@@H](CO)C(=O)N[C@@H](C)C(=O)N1CCCC1C(=O)N[C@@H](CC(=O)O)C(=O)N[C@H](C(=O)N[C@@H](CCCC)C(C)=O)C(C)O[C@H]1OC(CO)[C@H](O)[C@H](O[C@@H]2OC(CO)[C@H](O)C(O[C@]3(C(=O)O)C[C@@H](O)[C@@H](N)C([C@H](O)[C@H](O)CO)O3)[C@@H]2O)C1N)C(C)O)C(C)C. The topological polar surface area (TPSA) is 764 Å². The first kappa shape index (κ1) is 110. The molecule has 0 radical (unpaired) electrons. The number of likely N-dealkylation sites (tertiary alicyclic amines) is 1. The molecule has 27 N–H and O–H groups in total. The molecule has 49 heteroatoms. The van der Waals surface area contributed by atoms with Crippen LogP contribution < -0.4 is 64.6 Å². The number of aliphatic imine (C=N–C) groups is 1. The average Bonchev–Trinajstić information content (AvgIpc) is 0.766.